The lowest BCUT2D eigenvalue weighted by Crippen LogP contribution is -2.56. The quantitative estimate of drug-likeness (QED) is 0.894. The molecule has 0 amide bonds. The van der Waals surface area contributed by atoms with Gasteiger partial charge in [0.15, 0.2) is 0 Å². The number of rotatable bonds is 2. The van der Waals surface area contributed by atoms with Gasteiger partial charge in [0.05, 0.1) is 0 Å². The minimum absolute atomic E-state index is 0.577. The number of aryl methyl sites for hydroxylation is 2. The predicted molar refractivity (Wildman–Crippen MR) is 84.9 cm³/mol. The number of hydrogen-bond acceptors (Lipinski definition) is 2. The third kappa shape index (κ3) is 2.68. The first-order valence-corrected chi connectivity index (χ1v) is 8.12. The second-order valence-electron chi connectivity index (χ2n) is 6.24. The number of halogens is 1. The lowest BCUT2D eigenvalue weighted by Gasteiger charge is -2.42. The Balaban J connectivity index is 1.90. The largest absolute Gasteiger partial charge is 0.366 e. The maximum Gasteiger partial charge on any atom is 0.0429 e. The van der Waals surface area contributed by atoms with Crippen LogP contribution < -0.4 is 10.2 Å². The highest BCUT2D eigenvalue weighted by Crippen LogP contribution is 2.37. The predicted octanol–water partition coefficient (Wildman–Crippen LogP) is 3.64. The van der Waals surface area contributed by atoms with Gasteiger partial charge in [-0.05, 0) is 62.8 Å². The molecule has 3 heteroatoms. The average Bonchev–Trinajstić information content (AvgIpc) is 3.14. The van der Waals surface area contributed by atoms with Gasteiger partial charge in [0, 0.05) is 35.3 Å². The normalized spacial score (nSPS) is 27.7. The lowest BCUT2D eigenvalue weighted by molar-refractivity contribution is 0.375. The molecule has 0 aromatic heterocycles. The summed E-state index contributed by atoms with van der Waals surface area (Å²) in [6.07, 6.45) is 2.83. The molecule has 1 aromatic carbocycles. The van der Waals surface area contributed by atoms with Crippen LogP contribution in [0.5, 0.6) is 0 Å². The van der Waals surface area contributed by atoms with E-state index in [1.807, 2.05) is 0 Å². The van der Waals surface area contributed by atoms with E-state index in [1.54, 1.807) is 0 Å². The summed E-state index contributed by atoms with van der Waals surface area (Å²) in [6, 6.07) is 5.75. The van der Waals surface area contributed by atoms with Crippen LogP contribution >= 0.6 is 15.9 Å². The lowest BCUT2D eigenvalue weighted by atomic mass is 10.0. The van der Waals surface area contributed by atoms with E-state index in [0.717, 1.165) is 19.0 Å². The third-order valence-corrected chi connectivity index (χ3v) is 4.99. The summed E-state index contributed by atoms with van der Waals surface area (Å²) in [5.74, 6) is 0.922. The van der Waals surface area contributed by atoms with E-state index in [2.05, 4.69) is 59.1 Å². The highest BCUT2D eigenvalue weighted by atomic mass is 79.9. The van der Waals surface area contributed by atoms with Gasteiger partial charge in [-0.2, -0.15) is 0 Å². The van der Waals surface area contributed by atoms with E-state index in [9.17, 15) is 0 Å². The summed E-state index contributed by atoms with van der Waals surface area (Å²) in [5, 5.41) is 3.73. The van der Waals surface area contributed by atoms with E-state index >= 15 is 0 Å². The molecular formula is C16H23BrN2. The Bertz CT molecular complexity index is 459. The van der Waals surface area contributed by atoms with E-state index in [4.69, 9.17) is 0 Å². The van der Waals surface area contributed by atoms with Crippen molar-refractivity contribution < 1.29 is 0 Å². The van der Waals surface area contributed by atoms with E-state index in [0.29, 0.717) is 12.1 Å². The van der Waals surface area contributed by atoms with Crippen LogP contribution in [0.25, 0.3) is 0 Å². The molecule has 104 valence electrons. The SMILES string of the molecule is Cc1cc(Br)cc(C)c1N1CC(C2CC2)NCC1C. The maximum absolute atomic E-state index is 3.73. The molecule has 1 aromatic rings. The van der Waals surface area contributed by atoms with Gasteiger partial charge in [-0.3, -0.25) is 0 Å². The van der Waals surface area contributed by atoms with E-state index < -0.39 is 0 Å². The summed E-state index contributed by atoms with van der Waals surface area (Å²) in [6.45, 7) is 9.06. The van der Waals surface area contributed by atoms with Gasteiger partial charge in [0.1, 0.15) is 0 Å². The zero-order chi connectivity index (χ0) is 13.6. The molecule has 1 saturated carbocycles. The number of anilines is 1. The molecule has 1 aliphatic heterocycles. The smallest absolute Gasteiger partial charge is 0.0429 e. The molecule has 2 nitrogen and oxygen atoms in total. The molecule has 1 aliphatic carbocycles. The number of piperazine rings is 1. The molecule has 1 N–H and O–H groups in total. The molecule has 19 heavy (non-hydrogen) atoms. The fraction of sp³-hybridized carbons (Fsp3) is 0.625. The molecule has 0 spiro atoms. The van der Waals surface area contributed by atoms with Crippen LogP contribution in [0.15, 0.2) is 16.6 Å². The molecule has 1 heterocycles. The Hall–Kier alpha value is -0.540. The van der Waals surface area contributed by atoms with Crippen molar-refractivity contribution in [3.05, 3.63) is 27.7 Å². The Morgan fingerprint density at radius 1 is 1.21 bits per heavy atom. The summed E-state index contributed by atoms with van der Waals surface area (Å²) >= 11 is 3.60. The molecule has 2 fully saturated rings. The molecule has 2 atom stereocenters. The third-order valence-electron chi connectivity index (χ3n) is 4.53. The Morgan fingerprint density at radius 3 is 2.42 bits per heavy atom. The van der Waals surface area contributed by atoms with Crippen molar-refractivity contribution in [2.24, 2.45) is 5.92 Å². The van der Waals surface area contributed by atoms with Crippen LogP contribution in [0, 0.1) is 19.8 Å². The fourth-order valence-corrected chi connectivity index (χ4v) is 4.06. The van der Waals surface area contributed by atoms with Crippen molar-refractivity contribution in [1.29, 1.82) is 0 Å². The van der Waals surface area contributed by atoms with Gasteiger partial charge in [0.25, 0.3) is 0 Å². The fourth-order valence-electron chi connectivity index (χ4n) is 3.37. The Morgan fingerprint density at radius 2 is 1.84 bits per heavy atom. The molecular weight excluding hydrogens is 300 g/mol. The number of benzene rings is 1. The summed E-state index contributed by atoms with van der Waals surface area (Å²) in [4.78, 5) is 2.62. The average molecular weight is 323 g/mol. The van der Waals surface area contributed by atoms with Crippen molar-refractivity contribution in [2.75, 3.05) is 18.0 Å². The van der Waals surface area contributed by atoms with Crippen molar-refractivity contribution in [3.8, 4) is 0 Å². The molecule has 2 unspecified atom stereocenters. The van der Waals surface area contributed by atoms with Crippen LogP contribution in [0.3, 0.4) is 0 Å². The van der Waals surface area contributed by atoms with Crippen LogP contribution in [-0.2, 0) is 0 Å². The van der Waals surface area contributed by atoms with Crippen LogP contribution in [0.2, 0.25) is 0 Å². The van der Waals surface area contributed by atoms with Crippen molar-refractivity contribution in [1.82, 2.24) is 5.32 Å². The minimum Gasteiger partial charge on any atom is -0.366 e. The van der Waals surface area contributed by atoms with Gasteiger partial charge >= 0.3 is 0 Å². The van der Waals surface area contributed by atoms with E-state index in [-0.39, 0.29) is 0 Å². The Kier molecular flexibility index (Phi) is 3.61. The first-order chi connectivity index (χ1) is 9.06. The van der Waals surface area contributed by atoms with Gasteiger partial charge in [0.2, 0.25) is 0 Å². The molecule has 3 rings (SSSR count). The second kappa shape index (κ2) is 5.10. The topological polar surface area (TPSA) is 15.3 Å². The van der Waals surface area contributed by atoms with Crippen molar-refractivity contribution >= 4 is 21.6 Å². The summed E-state index contributed by atoms with van der Waals surface area (Å²) < 4.78 is 1.19. The van der Waals surface area contributed by atoms with Gasteiger partial charge < -0.3 is 10.2 Å². The van der Waals surface area contributed by atoms with Crippen LogP contribution in [0.4, 0.5) is 5.69 Å². The van der Waals surface area contributed by atoms with Crippen LogP contribution in [0.1, 0.15) is 30.9 Å². The molecule has 2 aliphatic rings. The van der Waals surface area contributed by atoms with Crippen LogP contribution in [-0.4, -0.2) is 25.2 Å². The summed E-state index contributed by atoms with van der Waals surface area (Å²) in [5.41, 5.74) is 4.22. The molecule has 0 bridgehead atoms. The van der Waals surface area contributed by atoms with Crippen molar-refractivity contribution in [2.45, 2.75) is 45.7 Å². The van der Waals surface area contributed by atoms with Gasteiger partial charge in [-0.15, -0.1) is 0 Å². The highest BCUT2D eigenvalue weighted by molar-refractivity contribution is 9.10. The molecule has 1 saturated heterocycles. The zero-order valence-electron chi connectivity index (χ0n) is 12.0. The van der Waals surface area contributed by atoms with Gasteiger partial charge in [-0.1, -0.05) is 15.9 Å². The number of nitrogens with one attached hydrogen (secondary N) is 1. The first-order valence-electron chi connectivity index (χ1n) is 7.33. The first kappa shape index (κ1) is 13.4. The standard InChI is InChI=1S/C16H23BrN2/c1-10-6-14(17)7-11(2)16(10)19-9-15(13-4-5-13)18-8-12(19)3/h6-7,12-13,15,18H,4-5,8-9H2,1-3H3. The summed E-state index contributed by atoms with van der Waals surface area (Å²) in [7, 11) is 0. The van der Waals surface area contributed by atoms with Crippen molar-refractivity contribution in [3.63, 3.8) is 0 Å². The minimum atomic E-state index is 0.577. The molecule has 0 radical (unpaired) electrons. The highest BCUT2D eigenvalue weighted by Gasteiger charge is 2.36. The Labute approximate surface area is 124 Å². The monoisotopic (exact) mass is 322 g/mol. The maximum atomic E-state index is 3.73. The van der Waals surface area contributed by atoms with E-state index in [1.165, 1.54) is 34.1 Å². The zero-order valence-corrected chi connectivity index (χ0v) is 13.6. The number of nitrogens with zero attached hydrogens (tertiary/aromatic N) is 1. The van der Waals surface area contributed by atoms with Gasteiger partial charge in [-0.25, -0.2) is 0 Å². The second-order valence-corrected chi connectivity index (χ2v) is 7.16. The number of hydrogen-bond donors (Lipinski definition) is 1.